The predicted molar refractivity (Wildman–Crippen MR) is 121 cm³/mol. The second-order valence-corrected chi connectivity index (χ2v) is 7.81. The zero-order valence-electron chi connectivity index (χ0n) is 18.9. The molecule has 0 spiro atoms. The van der Waals surface area contributed by atoms with Gasteiger partial charge in [0.2, 0.25) is 5.91 Å². The van der Waals surface area contributed by atoms with Crippen molar-refractivity contribution in [1.29, 1.82) is 0 Å². The van der Waals surface area contributed by atoms with Crippen LogP contribution >= 0.6 is 0 Å². The van der Waals surface area contributed by atoms with Crippen molar-refractivity contribution < 1.29 is 14.3 Å². The van der Waals surface area contributed by atoms with E-state index in [2.05, 4.69) is 29.5 Å². The van der Waals surface area contributed by atoms with E-state index >= 15 is 0 Å². The monoisotopic (exact) mass is 418 g/mol. The number of morpholine rings is 1. The molecule has 1 fully saturated rings. The van der Waals surface area contributed by atoms with Gasteiger partial charge >= 0.3 is 0 Å². The second kappa shape index (κ2) is 13.2. The van der Waals surface area contributed by atoms with Crippen LogP contribution in [0.5, 0.6) is 0 Å². The van der Waals surface area contributed by atoms with Crippen LogP contribution in [-0.2, 0) is 14.3 Å². The van der Waals surface area contributed by atoms with Gasteiger partial charge in [-0.2, -0.15) is 0 Å². The Morgan fingerprint density at radius 1 is 1.20 bits per heavy atom. The Morgan fingerprint density at radius 2 is 1.90 bits per heavy atom. The lowest BCUT2D eigenvalue weighted by molar-refractivity contribution is -0.136. The Kier molecular flexibility index (Phi) is 10.7. The average Bonchev–Trinajstić information content (AvgIpc) is 2.78. The summed E-state index contributed by atoms with van der Waals surface area (Å²) in [6.45, 7) is 10.8. The van der Waals surface area contributed by atoms with Crippen LogP contribution in [0.15, 0.2) is 35.3 Å². The molecule has 7 nitrogen and oxygen atoms in total. The van der Waals surface area contributed by atoms with E-state index in [9.17, 15) is 4.79 Å². The van der Waals surface area contributed by atoms with Crippen LogP contribution in [0.3, 0.4) is 0 Å². The average molecular weight is 419 g/mol. The number of carbonyl (C=O) groups is 1. The second-order valence-electron chi connectivity index (χ2n) is 7.81. The molecule has 0 radical (unpaired) electrons. The van der Waals surface area contributed by atoms with Crippen molar-refractivity contribution in [2.24, 2.45) is 10.9 Å². The van der Waals surface area contributed by atoms with Crippen molar-refractivity contribution in [2.75, 3.05) is 53.0 Å². The highest BCUT2D eigenvalue weighted by molar-refractivity contribution is 5.86. The van der Waals surface area contributed by atoms with Crippen LogP contribution in [0, 0.1) is 5.92 Å². The van der Waals surface area contributed by atoms with Gasteiger partial charge in [0.15, 0.2) is 5.96 Å². The van der Waals surface area contributed by atoms with E-state index in [1.54, 1.807) is 7.05 Å². The van der Waals surface area contributed by atoms with E-state index in [4.69, 9.17) is 9.47 Å². The van der Waals surface area contributed by atoms with Crippen LogP contribution < -0.4 is 10.6 Å². The SMILES string of the molecule is CCOC(CCNC(=NC)NCC(C(=O)N1CCOCC1)c1ccccc1)C(C)C. The smallest absolute Gasteiger partial charge is 0.232 e. The first-order valence-corrected chi connectivity index (χ1v) is 11.0. The number of carbonyl (C=O) groups excluding carboxylic acids is 1. The molecule has 0 aromatic heterocycles. The van der Waals surface area contributed by atoms with Crippen molar-refractivity contribution >= 4 is 11.9 Å². The minimum Gasteiger partial charge on any atom is -0.378 e. The first-order chi connectivity index (χ1) is 14.6. The summed E-state index contributed by atoms with van der Waals surface area (Å²) in [6.07, 6.45) is 1.13. The molecule has 1 amide bonds. The van der Waals surface area contributed by atoms with E-state index in [0.717, 1.165) is 25.1 Å². The predicted octanol–water partition coefficient (Wildman–Crippen LogP) is 2.25. The summed E-state index contributed by atoms with van der Waals surface area (Å²) in [7, 11) is 1.75. The van der Waals surface area contributed by atoms with Crippen LogP contribution in [-0.4, -0.2) is 75.9 Å². The fraction of sp³-hybridized carbons (Fsp3) is 0.652. The van der Waals surface area contributed by atoms with E-state index < -0.39 is 0 Å². The normalized spacial score (nSPS) is 17.0. The van der Waals surface area contributed by atoms with Crippen LogP contribution in [0.25, 0.3) is 0 Å². The Balaban J connectivity index is 1.95. The molecule has 2 rings (SSSR count). The standard InChI is InChI=1S/C23H38N4O3/c1-5-30-21(18(2)3)11-12-25-23(24-4)26-17-20(19-9-7-6-8-10-19)22(28)27-13-15-29-16-14-27/h6-10,18,20-21H,5,11-17H2,1-4H3,(H2,24,25,26). The van der Waals surface area contributed by atoms with Crippen LogP contribution in [0.1, 0.15) is 38.7 Å². The van der Waals surface area contributed by atoms with Crippen molar-refractivity contribution in [3.63, 3.8) is 0 Å². The maximum Gasteiger partial charge on any atom is 0.232 e. The molecule has 2 unspecified atom stereocenters. The van der Waals surface area contributed by atoms with Crippen molar-refractivity contribution in [3.05, 3.63) is 35.9 Å². The summed E-state index contributed by atoms with van der Waals surface area (Å²) in [5.74, 6) is 1.03. The number of benzene rings is 1. The van der Waals surface area contributed by atoms with Gasteiger partial charge in [-0.15, -0.1) is 0 Å². The number of nitrogens with zero attached hydrogens (tertiary/aromatic N) is 2. The molecule has 0 saturated carbocycles. The molecule has 168 valence electrons. The highest BCUT2D eigenvalue weighted by atomic mass is 16.5. The lowest BCUT2D eigenvalue weighted by Crippen LogP contribution is -2.47. The Bertz CT molecular complexity index is 645. The quantitative estimate of drug-likeness (QED) is 0.450. The van der Waals surface area contributed by atoms with Crippen LogP contribution in [0.2, 0.25) is 0 Å². The maximum atomic E-state index is 13.2. The van der Waals surface area contributed by atoms with Gasteiger partial charge in [-0.05, 0) is 24.8 Å². The third-order valence-corrected chi connectivity index (χ3v) is 5.37. The third kappa shape index (κ3) is 7.61. The Morgan fingerprint density at radius 3 is 2.50 bits per heavy atom. The number of hydrogen-bond donors (Lipinski definition) is 2. The van der Waals surface area contributed by atoms with Crippen LogP contribution in [0.4, 0.5) is 0 Å². The summed E-state index contributed by atoms with van der Waals surface area (Å²) < 4.78 is 11.2. The first-order valence-electron chi connectivity index (χ1n) is 11.0. The number of ether oxygens (including phenoxy) is 2. The van der Waals surface area contributed by atoms with Gasteiger partial charge < -0.3 is 25.0 Å². The number of hydrogen-bond acceptors (Lipinski definition) is 4. The summed E-state index contributed by atoms with van der Waals surface area (Å²) >= 11 is 0. The van der Waals surface area contributed by atoms with Gasteiger partial charge in [0.1, 0.15) is 0 Å². The van der Waals surface area contributed by atoms with Crippen molar-refractivity contribution in [3.8, 4) is 0 Å². The van der Waals surface area contributed by atoms with Crippen molar-refractivity contribution in [2.45, 2.75) is 39.2 Å². The molecule has 0 aliphatic carbocycles. The number of aliphatic imine (C=N–C) groups is 1. The van der Waals surface area contributed by atoms with Crippen molar-refractivity contribution in [1.82, 2.24) is 15.5 Å². The zero-order valence-corrected chi connectivity index (χ0v) is 18.9. The highest BCUT2D eigenvalue weighted by Gasteiger charge is 2.27. The maximum absolute atomic E-state index is 13.2. The molecular formula is C23H38N4O3. The number of amides is 1. The Labute approximate surface area is 181 Å². The Hall–Kier alpha value is -2.12. The van der Waals surface area contributed by atoms with E-state index in [0.29, 0.717) is 44.7 Å². The largest absolute Gasteiger partial charge is 0.378 e. The van der Waals surface area contributed by atoms with Gasteiger partial charge in [-0.25, -0.2) is 0 Å². The molecule has 1 aromatic carbocycles. The minimum atomic E-state index is -0.269. The molecule has 1 aliphatic rings. The summed E-state index contributed by atoms with van der Waals surface area (Å²) in [5.41, 5.74) is 1.01. The highest BCUT2D eigenvalue weighted by Crippen LogP contribution is 2.19. The molecule has 0 bridgehead atoms. The number of rotatable bonds is 10. The van der Waals surface area contributed by atoms with Gasteiger partial charge in [-0.3, -0.25) is 9.79 Å². The zero-order chi connectivity index (χ0) is 21.8. The fourth-order valence-corrected chi connectivity index (χ4v) is 3.61. The van der Waals surface area contributed by atoms with E-state index in [1.165, 1.54) is 0 Å². The van der Waals surface area contributed by atoms with Gasteiger partial charge in [0, 0.05) is 39.8 Å². The molecule has 2 atom stereocenters. The molecule has 30 heavy (non-hydrogen) atoms. The third-order valence-electron chi connectivity index (χ3n) is 5.37. The molecule has 1 saturated heterocycles. The van der Waals surface area contributed by atoms with Gasteiger partial charge in [0.25, 0.3) is 0 Å². The molecule has 1 aliphatic heterocycles. The van der Waals surface area contributed by atoms with Gasteiger partial charge in [0.05, 0.1) is 25.2 Å². The summed E-state index contributed by atoms with van der Waals surface area (Å²) in [6, 6.07) is 9.94. The van der Waals surface area contributed by atoms with E-state index in [1.807, 2.05) is 42.2 Å². The fourth-order valence-electron chi connectivity index (χ4n) is 3.61. The van der Waals surface area contributed by atoms with Gasteiger partial charge in [-0.1, -0.05) is 44.2 Å². The lowest BCUT2D eigenvalue weighted by atomic mass is 9.97. The molecular weight excluding hydrogens is 380 g/mol. The molecule has 1 aromatic rings. The van der Waals surface area contributed by atoms with E-state index in [-0.39, 0.29) is 17.9 Å². The number of nitrogens with one attached hydrogen (secondary N) is 2. The molecule has 1 heterocycles. The lowest BCUT2D eigenvalue weighted by Gasteiger charge is -2.31. The number of guanidine groups is 1. The molecule has 2 N–H and O–H groups in total. The molecule has 7 heteroatoms. The summed E-state index contributed by atoms with van der Waals surface area (Å²) in [4.78, 5) is 19.4. The minimum absolute atomic E-state index is 0.128. The topological polar surface area (TPSA) is 75.2 Å². The summed E-state index contributed by atoms with van der Waals surface area (Å²) in [5, 5.41) is 6.69. The first kappa shape index (κ1) is 24.2.